The molecule has 31 heavy (non-hydrogen) atoms. The van der Waals surface area contributed by atoms with Crippen molar-refractivity contribution in [1.29, 1.82) is 0 Å². The maximum absolute atomic E-state index is 13.0. The first-order valence-electron chi connectivity index (χ1n) is 9.97. The number of halogens is 1. The molecule has 0 unspecified atom stereocenters. The number of aliphatic hydroxyl groups excluding tert-OH is 1. The van der Waals surface area contributed by atoms with Gasteiger partial charge >= 0.3 is 0 Å². The van der Waals surface area contributed by atoms with Gasteiger partial charge in [0.25, 0.3) is 11.7 Å². The average Bonchev–Trinajstić information content (AvgIpc) is 3.40. The van der Waals surface area contributed by atoms with Gasteiger partial charge < -0.3 is 23.9 Å². The number of aliphatic hydroxyl groups is 1. The van der Waals surface area contributed by atoms with Crippen molar-refractivity contribution in [1.82, 2.24) is 9.80 Å². The Balaban J connectivity index is 1.70. The predicted molar refractivity (Wildman–Crippen MR) is 113 cm³/mol. The van der Waals surface area contributed by atoms with Crippen molar-refractivity contribution in [3.63, 3.8) is 0 Å². The third-order valence-electron chi connectivity index (χ3n) is 5.54. The molecule has 1 amide bonds. The number of amides is 1. The summed E-state index contributed by atoms with van der Waals surface area (Å²) in [6.45, 7) is 3.70. The lowest BCUT2D eigenvalue weighted by Crippen LogP contribution is -2.42. The van der Waals surface area contributed by atoms with E-state index in [2.05, 4.69) is 4.90 Å². The summed E-state index contributed by atoms with van der Waals surface area (Å²) in [4.78, 5) is 29.5. The second-order valence-corrected chi connectivity index (χ2v) is 7.72. The number of furan rings is 1. The zero-order valence-electron chi connectivity index (χ0n) is 17.0. The Bertz CT molecular complexity index is 997. The highest BCUT2D eigenvalue weighted by Crippen LogP contribution is 2.40. The summed E-state index contributed by atoms with van der Waals surface area (Å²) in [5, 5.41) is 11.3. The Kier molecular flexibility index (Phi) is 6.31. The molecule has 0 bridgehead atoms. The second-order valence-electron chi connectivity index (χ2n) is 7.31. The molecule has 3 heterocycles. The number of likely N-dealkylation sites (tertiary alicyclic amines) is 1. The Labute approximate surface area is 184 Å². The van der Waals surface area contributed by atoms with Crippen molar-refractivity contribution >= 4 is 29.1 Å². The van der Waals surface area contributed by atoms with Gasteiger partial charge in [0.05, 0.1) is 37.2 Å². The molecule has 2 fully saturated rings. The van der Waals surface area contributed by atoms with E-state index in [4.69, 9.17) is 25.5 Å². The zero-order valence-corrected chi connectivity index (χ0v) is 17.8. The van der Waals surface area contributed by atoms with Crippen molar-refractivity contribution in [2.24, 2.45) is 0 Å². The molecule has 4 rings (SSSR count). The summed E-state index contributed by atoms with van der Waals surface area (Å²) in [7, 11) is 1.48. The van der Waals surface area contributed by atoms with Gasteiger partial charge in [-0.1, -0.05) is 11.6 Å². The van der Waals surface area contributed by atoms with Gasteiger partial charge in [-0.15, -0.1) is 0 Å². The summed E-state index contributed by atoms with van der Waals surface area (Å²) < 4.78 is 16.0. The van der Waals surface area contributed by atoms with Crippen molar-refractivity contribution in [3.05, 3.63) is 58.5 Å². The van der Waals surface area contributed by atoms with Gasteiger partial charge in [-0.05, 0) is 30.3 Å². The number of ketones is 1. The van der Waals surface area contributed by atoms with E-state index in [1.807, 2.05) is 0 Å². The van der Waals surface area contributed by atoms with Gasteiger partial charge in [0, 0.05) is 31.7 Å². The molecule has 2 aliphatic heterocycles. The lowest BCUT2D eigenvalue weighted by atomic mass is 9.99. The fourth-order valence-electron chi connectivity index (χ4n) is 3.90. The zero-order chi connectivity index (χ0) is 22.0. The van der Waals surface area contributed by atoms with Gasteiger partial charge in [-0.3, -0.25) is 14.5 Å². The lowest BCUT2D eigenvalue weighted by molar-refractivity contribution is -0.140. The van der Waals surface area contributed by atoms with Crippen molar-refractivity contribution in [2.75, 3.05) is 46.5 Å². The van der Waals surface area contributed by atoms with E-state index in [-0.39, 0.29) is 16.4 Å². The monoisotopic (exact) mass is 446 g/mol. The van der Waals surface area contributed by atoms with Crippen molar-refractivity contribution in [2.45, 2.75) is 6.04 Å². The van der Waals surface area contributed by atoms with E-state index < -0.39 is 17.7 Å². The number of carbonyl (C=O) groups is 2. The molecule has 1 aromatic heterocycles. The summed E-state index contributed by atoms with van der Waals surface area (Å²) in [5.41, 5.74) is 0.289. The highest BCUT2D eigenvalue weighted by atomic mass is 35.5. The quantitative estimate of drug-likeness (QED) is 0.414. The predicted octanol–water partition coefficient (Wildman–Crippen LogP) is 2.70. The SMILES string of the molecule is COc1ccc(/C(O)=C2\C(=O)C(=O)N(CCN3CCOCC3)[C@@H]2c2ccco2)cc1Cl. The second kappa shape index (κ2) is 9.13. The first kappa shape index (κ1) is 21.4. The van der Waals surface area contributed by atoms with Crippen LogP contribution in [0.2, 0.25) is 5.02 Å². The molecule has 1 N–H and O–H groups in total. The van der Waals surface area contributed by atoms with Gasteiger partial charge in [0.2, 0.25) is 0 Å². The first-order chi connectivity index (χ1) is 15.0. The van der Waals surface area contributed by atoms with E-state index >= 15 is 0 Å². The Morgan fingerprint density at radius 3 is 2.65 bits per heavy atom. The third-order valence-corrected chi connectivity index (χ3v) is 5.83. The Hall–Kier alpha value is -2.81. The maximum Gasteiger partial charge on any atom is 0.295 e. The molecule has 0 aliphatic carbocycles. The van der Waals surface area contributed by atoms with Crippen LogP contribution in [0.5, 0.6) is 5.75 Å². The fourth-order valence-corrected chi connectivity index (χ4v) is 4.15. The van der Waals surface area contributed by atoms with Gasteiger partial charge in [0.15, 0.2) is 0 Å². The molecule has 1 aromatic carbocycles. The largest absolute Gasteiger partial charge is 0.507 e. The highest BCUT2D eigenvalue weighted by Gasteiger charge is 2.47. The number of nitrogens with zero attached hydrogens (tertiary/aromatic N) is 2. The highest BCUT2D eigenvalue weighted by molar-refractivity contribution is 6.46. The van der Waals surface area contributed by atoms with Gasteiger partial charge in [-0.2, -0.15) is 0 Å². The van der Waals surface area contributed by atoms with Crippen LogP contribution in [0, 0.1) is 0 Å². The van der Waals surface area contributed by atoms with Crippen LogP contribution in [0.25, 0.3) is 5.76 Å². The van der Waals surface area contributed by atoms with Crippen LogP contribution < -0.4 is 4.74 Å². The number of carbonyl (C=O) groups excluding carboxylic acids is 2. The number of benzene rings is 1. The molecular weight excluding hydrogens is 424 g/mol. The van der Waals surface area contributed by atoms with Crippen LogP contribution in [0.4, 0.5) is 0 Å². The minimum absolute atomic E-state index is 0.0249. The molecule has 0 radical (unpaired) electrons. The Morgan fingerprint density at radius 2 is 2.00 bits per heavy atom. The van der Waals surface area contributed by atoms with E-state index in [0.717, 1.165) is 13.1 Å². The average molecular weight is 447 g/mol. The van der Waals surface area contributed by atoms with Crippen LogP contribution in [-0.4, -0.2) is 73.1 Å². The van der Waals surface area contributed by atoms with E-state index in [1.54, 1.807) is 24.3 Å². The van der Waals surface area contributed by atoms with Crippen LogP contribution >= 0.6 is 11.6 Å². The summed E-state index contributed by atoms with van der Waals surface area (Å²) in [5.74, 6) is -0.893. The van der Waals surface area contributed by atoms with E-state index in [1.165, 1.54) is 24.3 Å². The third kappa shape index (κ3) is 4.19. The van der Waals surface area contributed by atoms with Crippen molar-refractivity contribution < 1.29 is 28.6 Å². The summed E-state index contributed by atoms with van der Waals surface area (Å²) >= 11 is 6.19. The lowest BCUT2D eigenvalue weighted by Gasteiger charge is -2.30. The van der Waals surface area contributed by atoms with E-state index in [9.17, 15) is 14.7 Å². The number of morpholine rings is 1. The molecule has 2 aliphatic rings. The van der Waals surface area contributed by atoms with Crippen LogP contribution in [0.15, 0.2) is 46.6 Å². The van der Waals surface area contributed by atoms with Gasteiger partial charge in [0.1, 0.15) is 23.3 Å². The number of hydrogen-bond donors (Lipinski definition) is 1. The van der Waals surface area contributed by atoms with Crippen molar-refractivity contribution in [3.8, 4) is 5.75 Å². The minimum Gasteiger partial charge on any atom is -0.507 e. The normalized spacial score (nSPS) is 21.6. The number of ether oxygens (including phenoxy) is 2. The fraction of sp³-hybridized carbons (Fsp3) is 0.364. The molecule has 0 spiro atoms. The molecule has 1 atom stereocenters. The number of hydrogen-bond acceptors (Lipinski definition) is 7. The minimum atomic E-state index is -0.822. The molecule has 2 aromatic rings. The maximum atomic E-state index is 13.0. The molecule has 164 valence electrons. The Morgan fingerprint density at radius 1 is 1.23 bits per heavy atom. The van der Waals surface area contributed by atoms with Gasteiger partial charge in [-0.25, -0.2) is 0 Å². The summed E-state index contributed by atoms with van der Waals surface area (Å²) in [6, 6.07) is 7.22. The molecule has 0 saturated carbocycles. The van der Waals surface area contributed by atoms with Crippen LogP contribution in [0.3, 0.4) is 0 Å². The van der Waals surface area contributed by atoms with E-state index in [0.29, 0.717) is 43.4 Å². The standard InChI is InChI=1S/C22H23ClN2O6/c1-29-16-5-4-14(13-15(16)23)20(26)18-19(17-3-2-10-31-17)25(22(28)21(18)27)7-6-24-8-11-30-12-9-24/h2-5,10,13,19,26H,6-9,11-12H2,1H3/b20-18+/t19-/m1/s1. The number of methoxy groups -OCH3 is 1. The molecule has 9 heteroatoms. The number of rotatable bonds is 6. The number of Topliss-reactive ketones (excluding diaryl/α,β-unsaturated/α-hetero) is 1. The molecule has 2 saturated heterocycles. The van der Waals surface area contributed by atoms with Crippen LogP contribution in [-0.2, 0) is 14.3 Å². The topological polar surface area (TPSA) is 92.5 Å². The smallest absolute Gasteiger partial charge is 0.295 e. The van der Waals surface area contributed by atoms with Crippen LogP contribution in [0.1, 0.15) is 17.4 Å². The summed E-state index contributed by atoms with van der Waals surface area (Å²) in [6.07, 6.45) is 1.47. The molecule has 8 nitrogen and oxygen atoms in total. The molecular formula is C22H23ClN2O6. The first-order valence-corrected chi connectivity index (χ1v) is 10.3.